The Hall–Kier alpha value is -4.07. The van der Waals surface area contributed by atoms with E-state index in [0.717, 1.165) is 22.6 Å². The first-order chi connectivity index (χ1) is 15.9. The molecule has 0 radical (unpaired) electrons. The van der Waals surface area contributed by atoms with Crippen molar-refractivity contribution in [2.24, 2.45) is 5.10 Å². The van der Waals surface area contributed by atoms with Crippen molar-refractivity contribution in [1.29, 1.82) is 0 Å². The number of hydrogen-bond donors (Lipinski definition) is 1. The topological polar surface area (TPSA) is 91.2 Å². The van der Waals surface area contributed by atoms with Gasteiger partial charge in [-0.05, 0) is 51.1 Å². The second-order valence-corrected chi connectivity index (χ2v) is 7.16. The van der Waals surface area contributed by atoms with Crippen LogP contribution in [-0.2, 0) is 4.74 Å². The van der Waals surface area contributed by atoms with E-state index in [0.29, 0.717) is 29.2 Å². The fourth-order valence-electron chi connectivity index (χ4n) is 3.55. The Labute approximate surface area is 192 Å². The molecule has 0 unspecified atom stereocenters. The van der Waals surface area contributed by atoms with Gasteiger partial charge in [-0.1, -0.05) is 12.1 Å². The van der Waals surface area contributed by atoms with E-state index in [1.807, 2.05) is 36.6 Å². The molecule has 3 aromatic rings. The number of para-hydroxylation sites is 1. The Morgan fingerprint density at radius 3 is 2.48 bits per heavy atom. The lowest BCUT2D eigenvalue weighted by Gasteiger charge is -2.14. The molecule has 0 atom stereocenters. The average molecular weight is 450 g/mol. The van der Waals surface area contributed by atoms with Crippen molar-refractivity contribution >= 4 is 18.1 Å². The zero-order chi connectivity index (χ0) is 24.0. The number of rotatable bonds is 8. The van der Waals surface area contributed by atoms with Crippen LogP contribution in [0.25, 0.3) is 5.69 Å². The molecule has 8 heteroatoms. The third kappa shape index (κ3) is 5.06. The van der Waals surface area contributed by atoms with Crippen molar-refractivity contribution in [2.45, 2.75) is 20.8 Å². The van der Waals surface area contributed by atoms with Gasteiger partial charge in [0.25, 0.3) is 5.91 Å². The van der Waals surface area contributed by atoms with E-state index < -0.39 is 5.91 Å². The van der Waals surface area contributed by atoms with Gasteiger partial charge in [0, 0.05) is 23.0 Å². The summed E-state index contributed by atoms with van der Waals surface area (Å²) in [5, 5.41) is 4.12. The number of nitrogens with one attached hydrogen (secondary N) is 1. The molecule has 33 heavy (non-hydrogen) atoms. The summed E-state index contributed by atoms with van der Waals surface area (Å²) in [7, 11) is 3.03. The molecule has 3 rings (SSSR count). The summed E-state index contributed by atoms with van der Waals surface area (Å²) in [6.45, 7) is 5.93. The molecule has 0 aliphatic carbocycles. The second-order valence-electron chi connectivity index (χ2n) is 7.16. The lowest BCUT2D eigenvalue weighted by molar-refractivity contribution is 0.0526. The maximum absolute atomic E-state index is 12.6. The average Bonchev–Trinajstić information content (AvgIpc) is 3.11. The first-order valence-electron chi connectivity index (χ1n) is 10.4. The summed E-state index contributed by atoms with van der Waals surface area (Å²) >= 11 is 0. The Morgan fingerprint density at radius 1 is 1.03 bits per heavy atom. The number of benzene rings is 2. The first kappa shape index (κ1) is 23.6. The second kappa shape index (κ2) is 10.5. The van der Waals surface area contributed by atoms with Crippen molar-refractivity contribution in [3.05, 3.63) is 76.6 Å². The maximum atomic E-state index is 12.6. The highest BCUT2D eigenvalue weighted by Gasteiger charge is 2.18. The minimum atomic E-state index is -0.410. The smallest absolute Gasteiger partial charge is 0.340 e. The van der Waals surface area contributed by atoms with Gasteiger partial charge in [-0.15, -0.1) is 0 Å². The van der Waals surface area contributed by atoms with E-state index in [2.05, 4.69) is 10.5 Å². The number of aromatic nitrogens is 1. The minimum absolute atomic E-state index is 0.299. The van der Waals surface area contributed by atoms with E-state index in [1.165, 1.54) is 7.11 Å². The van der Waals surface area contributed by atoms with E-state index in [9.17, 15) is 9.59 Å². The molecule has 0 saturated carbocycles. The molecule has 0 aliphatic rings. The van der Waals surface area contributed by atoms with E-state index >= 15 is 0 Å². The highest BCUT2D eigenvalue weighted by molar-refractivity contribution is 5.98. The molecule has 0 fully saturated rings. The summed E-state index contributed by atoms with van der Waals surface area (Å²) in [5.41, 5.74) is 6.64. The number of esters is 1. The van der Waals surface area contributed by atoms with Crippen LogP contribution in [-0.4, -0.2) is 43.5 Å². The summed E-state index contributed by atoms with van der Waals surface area (Å²) in [5.74, 6) is 0.182. The molecule has 0 spiro atoms. The van der Waals surface area contributed by atoms with Crippen LogP contribution in [0.3, 0.4) is 0 Å². The van der Waals surface area contributed by atoms with Crippen molar-refractivity contribution in [3.63, 3.8) is 0 Å². The predicted molar refractivity (Wildman–Crippen MR) is 126 cm³/mol. The number of carbonyl (C=O) groups is 2. The van der Waals surface area contributed by atoms with Crippen LogP contribution in [0.1, 0.15) is 44.6 Å². The molecule has 0 aliphatic heterocycles. The van der Waals surface area contributed by atoms with Crippen LogP contribution < -0.4 is 14.9 Å². The van der Waals surface area contributed by atoms with Crippen LogP contribution in [0.2, 0.25) is 0 Å². The van der Waals surface area contributed by atoms with E-state index in [-0.39, 0.29) is 5.97 Å². The third-order valence-corrected chi connectivity index (χ3v) is 5.13. The van der Waals surface area contributed by atoms with Crippen LogP contribution >= 0.6 is 0 Å². The SMILES string of the molecule is CCOC(=O)c1ccccc1-n1c(C)cc(/C=N\NC(=O)c2ccc(OC)cc2OC)c1C. The van der Waals surface area contributed by atoms with Gasteiger partial charge < -0.3 is 18.8 Å². The van der Waals surface area contributed by atoms with Gasteiger partial charge >= 0.3 is 5.97 Å². The fourth-order valence-corrected chi connectivity index (χ4v) is 3.55. The first-order valence-corrected chi connectivity index (χ1v) is 10.4. The highest BCUT2D eigenvalue weighted by atomic mass is 16.5. The third-order valence-electron chi connectivity index (χ3n) is 5.13. The van der Waals surface area contributed by atoms with Gasteiger partial charge in [-0.3, -0.25) is 4.79 Å². The number of ether oxygens (including phenoxy) is 3. The number of carbonyl (C=O) groups excluding carboxylic acids is 2. The van der Waals surface area contributed by atoms with Gasteiger partial charge in [0.2, 0.25) is 0 Å². The Morgan fingerprint density at radius 2 is 1.79 bits per heavy atom. The normalized spacial score (nSPS) is 10.8. The Bertz CT molecular complexity index is 1200. The lowest BCUT2D eigenvalue weighted by atomic mass is 10.1. The van der Waals surface area contributed by atoms with Crippen LogP contribution in [0.4, 0.5) is 0 Å². The molecule has 1 aromatic heterocycles. The molecule has 0 saturated heterocycles. The largest absolute Gasteiger partial charge is 0.497 e. The molecule has 1 amide bonds. The standard InChI is InChI=1S/C25H27N3O5/c1-6-33-25(30)20-9-7-8-10-22(20)28-16(2)13-18(17(28)3)15-26-27-24(29)21-12-11-19(31-4)14-23(21)32-5/h7-15H,6H2,1-5H3,(H,27,29)/b26-15-. The van der Waals surface area contributed by atoms with Gasteiger partial charge in [-0.25, -0.2) is 10.2 Å². The number of amides is 1. The Balaban J connectivity index is 1.85. The maximum Gasteiger partial charge on any atom is 0.340 e. The Kier molecular flexibility index (Phi) is 7.50. The predicted octanol–water partition coefficient (Wildman–Crippen LogP) is 4.05. The molecule has 0 bridgehead atoms. The molecular weight excluding hydrogens is 422 g/mol. The summed E-state index contributed by atoms with van der Waals surface area (Å²) in [6, 6.07) is 14.1. The van der Waals surface area contributed by atoms with E-state index in [1.54, 1.807) is 50.6 Å². The minimum Gasteiger partial charge on any atom is -0.497 e. The van der Waals surface area contributed by atoms with Crippen molar-refractivity contribution in [3.8, 4) is 17.2 Å². The lowest BCUT2D eigenvalue weighted by Crippen LogP contribution is -2.18. The summed E-state index contributed by atoms with van der Waals surface area (Å²) in [4.78, 5) is 25.0. The zero-order valence-corrected chi connectivity index (χ0v) is 19.3. The number of hydrogen-bond acceptors (Lipinski definition) is 6. The molecular formula is C25H27N3O5. The number of methoxy groups -OCH3 is 2. The van der Waals surface area contributed by atoms with Crippen LogP contribution in [0.5, 0.6) is 11.5 Å². The van der Waals surface area contributed by atoms with Crippen LogP contribution in [0.15, 0.2) is 53.6 Å². The molecule has 2 aromatic carbocycles. The van der Waals surface area contributed by atoms with Crippen molar-refractivity contribution in [2.75, 3.05) is 20.8 Å². The van der Waals surface area contributed by atoms with Crippen molar-refractivity contribution in [1.82, 2.24) is 9.99 Å². The van der Waals surface area contributed by atoms with Crippen LogP contribution in [0, 0.1) is 13.8 Å². The van der Waals surface area contributed by atoms with Crippen molar-refractivity contribution < 1.29 is 23.8 Å². The number of hydrazone groups is 1. The molecule has 1 N–H and O–H groups in total. The van der Waals surface area contributed by atoms with Gasteiger partial charge in [0.05, 0.1) is 43.9 Å². The molecule has 1 heterocycles. The van der Waals surface area contributed by atoms with Gasteiger partial charge in [-0.2, -0.15) is 5.10 Å². The van der Waals surface area contributed by atoms with E-state index in [4.69, 9.17) is 14.2 Å². The highest BCUT2D eigenvalue weighted by Crippen LogP contribution is 2.25. The summed E-state index contributed by atoms with van der Waals surface area (Å²) in [6.07, 6.45) is 1.57. The molecule has 172 valence electrons. The fraction of sp³-hybridized carbons (Fsp3) is 0.240. The summed E-state index contributed by atoms with van der Waals surface area (Å²) < 4.78 is 17.6. The quantitative estimate of drug-likeness (QED) is 0.318. The van der Waals surface area contributed by atoms with Gasteiger partial charge in [0.15, 0.2) is 0 Å². The number of nitrogens with zero attached hydrogens (tertiary/aromatic N) is 2. The number of aryl methyl sites for hydroxylation is 1. The molecule has 8 nitrogen and oxygen atoms in total. The zero-order valence-electron chi connectivity index (χ0n) is 19.3. The monoisotopic (exact) mass is 449 g/mol. The van der Waals surface area contributed by atoms with Gasteiger partial charge in [0.1, 0.15) is 11.5 Å².